The summed E-state index contributed by atoms with van der Waals surface area (Å²) in [5, 5.41) is 0. The Hall–Kier alpha value is -3.17. The third-order valence-electron chi connectivity index (χ3n) is 9.12. The molecule has 0 aromatic heterocycles. The molecule has 0 spiro atoms. The van der Waals surface area contributed by atoms with Gasteiger partial charge in [0.1, 0.15) is 0 Å². The zero-order chi connectivity index (χ0) is 38.9. The van der Waals surface area contributed by atoms with Gasteiger partial charge in [0, 0.05) is 0 Å². The average Bonchev–Trinajstić information content (AvgIpc) is 3.87. The number of halogens is 4. The van der Waals surface area contributed by atoms with Gasteiger partial charge in [0.2, 0.25) is 0 Å². The molecule has 0 fully saturated rings. The molecule has 0 N–H and O–H groups in total. The molecule has 5 heteroatoms. The molecule has 0 radical (unpaired) electrons. The fraction of sp³-hybridized carbons (Fsp3) is 0.157. The maximum atomic E-state index is 3.81. The average molecular weight is 985 g/mol. The van der Waals surface area contributed by atoms with E-state index >= 15 is 0 Å². The van der Waals surface area contributed by atoms with Crippen LogP contribution in [0.1, 0.15) is 65.1 Å². The van der Waals surface area contributed by atoms with Crippen LogP contribution in [0.25, 0.3) is 22.3 Å². The van der Waals surface area contributed by atoms with Gasteiger partial charge in [0.25, 0.3) is 0 Å². The topological polar surface area (TPSA) is 0 Å². The van der Waals surface area contributed by atoms with Gasteiger partial charge in [-0.05, 0) is 68.4 Å². The number of hydrogen-bond donors (Lipinski definition) is 0. The van der Waals surface area contributed by atoms with E-state index in [4.69, 9.17) is 0 Å². The molecular weight excluding hydrogens is 934 g/mol. The standard InChI is InChI=1S/C31H29.2C7H6Br.C5H5.CH2.2ClH.Zr/c1-21(2)29(24-10-6-4-7-11-24)18-23-14-15-28-26(17-23)19-27-20-30(22(3)16-31(27)28)25-12-8-5-9-13-25;2*1-6-3-2-4-7(8)5-6;1-2-4-5-3-1;;;;/h4-16,20-21,29H,18-19H2,1-3H3;2*2-5H,1H2;1-3H,4H2;1H2;2*1H;/q4*-1;;;;. The molecule has 6 aromatic rings. The van der Waals surface area contributed by atoms with Crippen LogP contribution in [0.2, 0.25) is 0 Å². The van der Waals surface area contributed by atoms with E-state index in [2.05, 4.69) is 174 Å². The second-order valence-electron chi connectivity index (χ2n) is 13.5. The molecule has 2 aliphatic carbocycles. The van der Waals surface area contributed by atoms with Crippen molar-refractivity contribution in [2.24, 2.45) is 5.92 Å². The van der Waals surface area contributed by atoms with E-state index in [1.165, 1.54) is 74.3 Å². The van der Waals surface area contributed by atoms with Gasteiger partial charge in [0.15, 0.2) is 0 Å². The zero-order valence-electron chi connectivity index (χ0n) is 32.4. The second-order valence-corrected chi connectivity index (χ2v) is 15.3. The van der Waals surface area contributed by atoms with Crippen LogP contribution in [-0.2, 0) is 37.1 Å². The third-order valence-corrected chi connectivity index (χ3v) is 10.1. The first kappa shape index (κ1) is 49.0. The molecule has 2 aliphatic rings. The van der Waals surface area contributed by atoms with Crippen molar-refractivity contribution in [1.82, 2.24) is 0 Å². The van der Waals surface area contributed by atoms with E-state index in [9.17, 15) is 0 Å². The van der Waals surface area contributed by atoms with Crippen molar-refractivity contribution in [2.75, 3.05) is 0 Å². The number of rotatable bonds is 5. The van der Waals surface area contributed by atoms with Gasteiger partial charge >= 0.3 is 28.4 Å². The molecule has 6 aromatic carbocycles. The van der Waals surface area contributed by atoms with E-state index < -0.39 is 0 Å². The first-order valence-corrected chi connectivity index (χ1v) is 21.5. The predicted molar refractivity (Wildman–Crippen MR) is 252 cm³/mol. The Morgan fingerprint density at radius 3 is 1.75 bits per heavy atom. The van der Waals surface area contributed by atoms with Gasteiger partial charge in [-0.25, -0.2) is 12.2 Å². The van der Waals surface area contributed by atoms with Gasteiger partial charge in [-0.15, -0.1) is 66.6 Å². The summed E-state index contributed by atoms with van der Waals surface area (Å²) in [5.74, 6) is 1.11. The summed E-state index contributed by atoms with van der Waals surface area (Å²) in [4.78, 5) is 0. The van der Waals surface area contributed by atoms with Crippen LogP contribution in [0.3, 0.4) is 0 Å². The fourth-order valence-electron chi connectivity index (χ4n) is 6.46. The maximum absolute atomic E-state index is 3.81. The normalized spacial score (nSPS) is 11.5. The SMILES string of the molecule is Cc1cc2c(cc1-c1ccccc1)Cc1[c-]c(CC(c3ccccc3)C(C)C)ccc1-2.Cl.Cl.[C-]1=CC=CC1.[CH2-]c1cccc(Br)c1.[CH2-]c1cccc(Br)c1.[CH2]=[Zr]. The summed E-state index contributed by atoms with van der Waals surface area (Å²) < 4.78 is 5.52. The molecule has 1 atom stereocenters. The zero-order valence-corrected chi connectivity index (χ0v) is 39.7. The molecule has 56 heavy (non-hydrogen) atoms. The van der Waals surface area contributed by atoms with Gasteiger partial charge in [-0.3, -0.25) is 6.08 Å². The molecule has 0 saturated carbocycles. The summed E-state index contributed by atoms with van der Waals surface area (Å²) in [5.41, 5.74) is 14.4. The number of aryl methyl sites for hydroxylation is 1. The van der Waals surface area contributed by atoms with Crippen molar-refractivity contribution in [1.29, 1.82) is 0 Å². The Bertz CT molecular complexity index is 2040. The molecule has 0 amide bonds. The number of allylic oxidation sites excluding steroid dienone is 4. The minimum atomic E-state index is 0. The minimum absolute atomic E-state index is 0. The summed E-state index contributed by atoms with van der Waals surface area (Å²) in [7, 11) is 0. The predicted octanol–water partition coefficient (Wildman–Crippen LogP) is 15.4. The van der Waals surface area contributed by atoms with E-state index in [1.54, 1.807) is 0 Å². The second kappa shape index (κ2) is 26.0. The van der Waals surface area contributed by atoms with Crippen molar-refractivity contribution in [3.05, 3.63) is 226 Å². The Morgan fingerprint density at radius 2 is 1.29 bits per heavy atom. The molecule has 0 nitrogen and oxygen atoms in total. The van der Waals surface area contributed by atoms with Crippen molar-refractivity contribution >= 4 is 60.9 Å². The van der Waals surface area contributed by atoms with Crippen molar-refractivity contribution in [3.8, 4) is 22.3 Å². The molecule has 0 bridgehead atoms. The quantitative estimate of drug-likeness (QED) is 0.151. The molecule has 290 valence electrons. The fourth-order valence-corrected chi connectivity index (χ4v) is 7.35. The summed E-state index contributed by atoms with van der Waals surface area (Å²) in [6.45, 7) is 14.4. The van der Waals surface area contributed by atoms with Gasteiger partial charge in [-0.1, -0.05) is 136 Å². The third kappa shape index (κ3) is 15.3. The van der Waals surface area contributed by atoms with Gasteiger partial charge in [-0.2, -0.15) is 66.9 Å². The Labute approximate surface area is 381 Å². The van der Waals surface area contributed by atoms with E-state index in [0.717, 1.165) is 39.3 Å². The summed E-state index contributed by atoms with van der Waals surface area (Å²) in [6, 6.07) is 50.6. The number of fused-ring (bicyclic) bond motifs is 3. The van der Waals surface area contributed by atoms with Gasteiger partial charge in [0.05, 0.1) is 0 Å². The molecule has 0 aliphatic heterocycles. The van der Waals surface area contributed by atoms with Crippen LogP contribution in [0.5, 0.6) is 0 Å². The molecule has 8 rings (SSSR count). The monoisotopic (exact) mass is 980 g/mol. The molecule has 1 unspecified atom stereocenters. The van der Waals surface area contributed by atoms with Crippen molar-refractivity contribution < 1.29 is 24.2 Å². The van der Waals surface area contributed by atoms with Crippen LogP contribution in [0.15, 0.2) is 161 Å². The molecule has 0 saturated heterocycles. The first-order chi connectivity index (χ1) is 26.2. The van der Waals surface area contributed by atoms with E-state index in [0.29, 0.717) is 11.8 Å². The summed E-state index contributed by atoms with van der Waals surface area (Å²) >= 11 is 7.94. The first-order valence-electron chi connectivity index (χ1n) is 18.2. The summed E-state index contributed by atoms with van der Waals surface area (Å²) in [6.07, 6.45) is 12.0. The molecular formula is C51H50Br2Cl2Zr-4. The van der Waals surface area contributed by atoms with Gasteiger partial charge < -0.3 is 0 Å². The van der Waals surface area contributed by atoms with Crippen LogP contribution in [0, 0.1) is 38.8 Å². The van der Waals surface area contributed by atoms with Crippen molar-refractivity contribution in [3.63, 3.8) is 0 Å². The van der Waals surface area contributed by atoms with Crippen molar-refractivity contribution in [2.45, 2.75) is 46.0 Å². The number of hydrogen-bond acceptors (Lipinski definition) is 0. The number of benzene rings is 6. The van der Waals surface area contributed by atoms with E-state index in [-0.39, 0.29) is 24.8 Å². The van der Waals surface area contributed by atoms with Crippen LogP contribution < -0.4 is 0 Å². The van der Waals surface area contributed by atoms with Crippen LogP contribution >= 0.6 is 56.7 Å². The van der Waals surface area contributed by atoms with Crippen LogP contribution in [0.4, 0.5) is 0 Å². The Kier molecular flexibility index (Phi) is 22.7. The Balaban J connectivity index is 0.000000351. The van der Waals surface area contributed by atoms with E-state index in [1.807, 2.05) is 60.7 Å². The molecule has 0 heterocycles. The van der Waals surface area contributed by atoms with Crippen LogP contribution in [-0.4, -0.2) is 4.21 Å². The Morgan fingerprint density at radius 1 is 0.696 bits per heavy atom.